The Morgan fingerprint density at radius 2 is 1.59 bits per heavy atom. The van der Waals surface area contributed by atoms with Gasteiger partial charge in [0.2, 0.25) is 0 Å². The highest BCUT2D eigenvalue weighted by atomic mass is 28.3. The Morgan fingerprint density at radius 3 is 2.34 bits per heavy atom. The van der Waals surface area contributed by atoms with Crippen LogP contribution in [0.25, 0.3) is 0 Å². The van der Waals surface area contributed by atoms with Gasteiger partial charge in [-0.25, -0.2) is 0 Å². The Labute approximate surface area is 344 Å². The molecule has 3 aliphatic heterocycles. The average molecular weight is 806 g/mol. The van der Waals surface area contributed by atoms with E-state index in [0.29, 0.717) is 47.1 Å². The minimum absolute atomic E-state index is 0.0128. The van der Waals surface area contributed by atoms with Crippen LogP contribution in [0.15, 0.2) is 128 Å². The molecule has 1 fully saturated rings. The molecule has 5 atom stereocenters. The van der Waals surface area contributed by atoms with Gasteiger partial charge in [-0.15, -0.1) is 5.10 Å². The van der Waals surface area contributed by atoms with Crippen LogP contribution in [0.2, 0.25) is 18.6 Å². The lowest BCUT2D eigenvalue weighted by Gasteiger charge is -2.37. The number of aryl methyl sites for hydroxylation is 1. The van der Waals surface area contributed by atoms with Crippen molar-refractivity contribution in [1.29, 1.82) is 0 Å². The first-order chi connectivity index (χ1) is 28.6. The molecular formula is C47H47N5O6Si. The van der Waals surface area contributed by atoms with Gasteiger partial charge in [0.1, 0.15) is 11.5 Å². The molecule has 9 rings (SSSR count). The fourth-order valence-electron chi connectivity index (χ4n) is 9.78. The maximum atomic E-state index is 15.0. The van der Waals surface area contributed by atoms with E-state index in [1.165, 1.54) is 5.19 Å². The van der Waals surface area contributed by atoms with E-state index in [0.717, 1.165) is 22.6 Å². The van der Waals surface area contributed by atoms with Crippen LogP contribution in [-0.2, 0) is 21.7 Å². The number of carbonyl (C=O) groups is 2. The fraction of sp³-hybridized carbons (Fsp3) is 0.277. The Hall–Kier alpha value is -6.08. The highest BCUT2D eigenvalue weighted by Crippen LogP contribution is 2.60. The van der Waals surface area contributed by atoms with Crippen molar-refractivity contribution in [2.45, 2.75) is 56.1 Å². The van der Waals surface area contributed by atoms with Crippen LogP contribution in [0.3, 0.4) is 0 Å². The Morgan fingerprint density at radius 1 is 0.881 bits per heavy atom. The molecule has 1 N–H and O–H groups in total. The quantitative estimate of drug-likeness (QED) is 0.140. The van der Waals surface area contributed by atoms with Crippen molar-refractivity contribution in [3.05, 3.63) is 150 Å². The summed E-state index contributed by atoms with van der Waals surface area (Å²) < 4.78 is 21.0. The number of aliphatic hydroxyl groups excluding tert-OH is 1. The van der Waals surface area contributed by atoms with Crippen LogP contribution in [-0.4, -0.2) is 66.9 Å². The summed E-state index contributed by atoms with van der Waals surface area (Å²) in [5.41, 5.74) is 3.46. The monoisotopic (exact) mass is 805 g/mol. The summed E-state index contributed by atoms with van der Waals surface area (Å²) in [6.45, 7) is 7.27. The second-order valence-electron chi connectivity index (χ2n) is 16.3. The number of likely N-dealkylation sites (N-methyl/N-ethyl adjacent to an activating group) is 1. The molecule has 300 valence electrons. The molecule has 6 aromatic rings. The van der Waals surface area contributed by atoms with Crippen molar-refractivity contribution in [1.82, 2.24) is 15.0 Å². The van der Waals surface area contributed by atoms with E-state index in [-0.39, 0.29) is 41.9 Å². The molecule has 5 aromatic carbocycles. The lowest BCUT2D eigenvalue weighted by Crippen LogP contribution is -2.51. The number of rotatable bonds is 10. The number of anilines is 3. The van der Waals surface area contributed by atoms with Crippen LogP contribution >= 0.6 is 0 Å². The van der Waals surface area contributed by atoms with Crippen LogP contribution in [0.1, 0.15) is 46.4 Å². The number of hydrogen-bond donors (Lipinski definition) is 1. The number of carbonyl (C=O) groups excluding carboxylic acids is 2. The molecule has 1 saturated heterocycles. The minimum atomic E-state index is -2.44. The molecule has 2 amide bonds. The molecule has 59 heavy (non-hydrogen) atoms. The van der Waals surface area contributed by atoms with Crippen LogP contribution < -0.4 is 24.5 Å². The number of aliphatic hydroxyl groups is 1. The number of para-hydroxylation sites is 3. The molecule has 0 radical (unpaired) electrons. The molecule has 1 spiro atoms. The second kappa shape index (κ2) is 14.9. The number of ether oxygens (including phenoxy) is 3. The second-order valence-corrected chi connectivity index (χ2v) is 21.0. The Kier molecular flexibility index (Phi) is 9.73. The van der Waals surface area contributed by atoms with Gasteiger partial charge in [0, 0.05) is 37.0 Å². The highest BCUT2D eigenvalue weighted by Gasteiger charge is 2.66. The Balaban J connectivity index is 1.12. The minimum Gasteiger partial charge on any atom is -0.497 e. The summed E-state index contributed by atoms with van der Waals surface area (Å²) >= 11 is 0. The van der Waals surface area contributed by atoms with Gasteiger partial charge < -0.3 is 24.2 Å². The van der Waals surface area contributed by atoms with Gasteiger partial charge in [0.25, 0.3) is 11.8 Å². The van der Waals surface area contributed by atoms with E-state index < -0.39 is 13.7 Å². The van der Waals surface area contributed by atoms with Gasteiger partial charge in [0.05, 0.1) is 56.4 Å². The van der Waals surface area contributed by atoms with Gasteiger partial charge in [-0.1, -0.05) is 97.1 Å². The third-order valence-electron chi connectivity index (χ3n) is 12.8. The molecule has 1 aromatic heterocycles. The van der Waals surface area contributed by atoms with Gasteiger partial charge in [-0.2, -0.15) is 0 Å². The van der Waals surface area contributed by atoms with Crippen molar-refractivity contribution >= 4 is 42.1 Å². The van der Waals surface area contributed by atoms with Crippen molar-refractivity contribution in [3.63, 3.8) is 0 Å². The number of aromatic nitrogens is 3. The van der Waals surface area contributed by atoms with Crippen LogP contribution in [0, 0.1) is 5.92 Å². The molecule has 0 aliphatic carbocycles. The van der Waals surface area contributed by atoms with E-state index in [9.17, 15) is 14.7 Å². The fourth-order valence-corrected chi connectivity index (χ4v) is 13.8. The number of nitrogens with zero attached hydrogens (tertiary/aromatic N) is 5. The van der Waals surface area contributed by atoms with E-state index >= 15 is 0 Å². The molecule has 11 nitrogen and oxygen atoms in total. The van der Waals surface area contributed by atoms with Crippen LogP contribution in [0.5, 0.6) is 17.2 Å². The normalized spacial score (nSPS) is 21.5. The van der Waals surface area contributed by atoms with Gasteiger partial charge >= 0.3 is 0 Å². The van der Waals surface area contributed by atoms with Gasteiger partial charge in [-0.05, 0) is 72.1 Å². The van der Waals surface area contributed by atoms with E-state index in [1.807, 2.05) is 108 Å². The standard InChI is InChI=1S/C47H47N5O6Si/c1-30-44(59(4,5)34-22-20-33(56-3)21-23-34)43(25-26-51-28-38(48-49-51)36(29-53)31-13-7-6-8-14-31)58-47(30)37-27-32(19-24-39(37)50(2)46(47)55)52-40-16-10-12-18-42(40)57-41-17-11-9-15-35(41)45(52)54/h6-24,27-28,30,36,43-44,53H,25-26,29H2,1-5H3/t30-,36?,43+,44-,47+/m0/s1. The smallest absolute Gasteiger partial charge is 0.266 e. The summed E-state index contributed by atoms with van der Waals surface area (Å²) in [5.74, 6) is 0.912. The number of benzene rings is 5. The van der Waals surface area contributed by atoms with Gasteiger partial charge in [0.15, 0.2) is 11.4 Å². The number of hydrogen-bond acceptors (Lipinski definition) is 8. The molecule has 0 saturated carbocycles. The summed E-state index contributed by atoms with van der Waals surface area (Å²) in [6.07, 6.45) is 2.13. The lowest BCUT2D eigenvalue weighted by atomic mass is 9.82. The van der Waals surface area contributed by atoms with Crippen molar-refractivity contribution < 1.29 is 28.9 Å². The van der Waals surface area contributed by atoms with Crippen LogP contribution in [0.4, 0.5) is 17.1 Å². The summed E-state index contributed by atoms with van der Waals surface area (Å²) in [5, 5.41) is 20.6. The van der Waals surface area contributed by atoms with Crippen molar-refractivity contribution in [2.75, 3.05) is 30.6 Å². The molecule has 12 heteroatoms. The molecular weight excluding hydrogens is 759 g/mol. The summed E-state index contributed by atoms with van der Waals surface area (Å²) in [6, 6.07) is 38.7. The van der Waals surface area contributed by atoms with E-state index in [4.69, 9.17) is 14.2 Å². The third-order valence-corrected chi connectivity index (χ3v) is 17.2. The zero-order valence-electron chi connectivity index (χ0n) is 33.8. The summed E-state index contributed by atoms with van der Waals surface area (Å²) in [7, 11) is 1.03. The lowest BCUT2D eigenvalue weighted by molar-refractivity contribution is -0.145. The summed E-state index contributed by atoms with van der Waals surface area (Å²) in [4.78, 5) is 32.9. The average Bonchev–Trinajstić information content (AvgIpc) is 3.88. The third kappa shape index (κ3) is 6.25. The van der Waals surface area contributed by atoms with E-state index in [1.54, 1.807) is 36.1 Å². The van der Waals surface area contributed by atoms with E-state index in [2.05, 4.69) is 42.5 Å². The van der Waals surface area contributed by atoms with Gasteiger partial charge in [-0.3, -0.25) is 19.2 Å². The molecule has 3 aliphatic rings. The Bertz CT molecular complexity index is 2540. The highest BCUT2D eigenvalue weighted by molar-refractivity contribution is 6.91. The predicted octanol–water partition coefficient (Wildman–Crippen LogP) is 7.78. The van der Waals surface area contributed by atoms with Crippen molar-refractivity contribution in [3.8, 4) is 17.2 Å². The number of methoxy groups -OCH3 is 1. The molecule has 4 heterocycles. The zero-order chi connectivity index (χ0) is 41.1. The number of amides is 2. The first-order valence-electron chi connectivity index (χ1n) is 20.1. The predicted molar refractivity (Wildman–Crippen MR) is 229 cm³/mol. The molecule has 0 bridgehead atoms. The largest absolute Gasteiger partial charge is 0.497 e. The maximum absolute atomic E-state index is 15.0. The number of fused-ring (bicyclic) bond motifs is 4. The first-order valence-corrected chi connectivity index (χ1v) is 23.2. The zero-order valence-corrected chi connectivity index (χ0v) is 34.8. The molecule has 1 unspecified atom stereocenters. The maximum Gasteiger partial charge on any atom is 0.266 e. The van der Waals surface area contributed by atoms with Crippen molar-refractivity contribution in [2.24, 2.45) is 5.92 Å². The SMILES string of the molecule is COc1ccc([Si](C)(C)[C@@H]2[C@@H](CCn3cc(C(CO)c4ccccc4)nn3)O[C@]3(C(=O)N(C)c4ccc(N5C(=O)c6ccccc6Oc6ccccc65)cc43)[C@H]2C)cc1. The first kappa shape index (κ1) is 38.4. The topological polar surface area (TPSA) is 119 Å².